The number of ether oxygens (including phenoxy) is 1. The molecule has 102 valence electrons. The van der Waals surface area contributed by atoms with E-state index in [1.54, 1.807) is 12.5 Å². The molecule has 0 spiro atoms. The van der Waals surface area contributed by atoms with Gasteiger partial charge in [0.15, 0.2) is 0 Å². The highest BCUT2D eigenvalue weighted by Crippen LogP contribution is 2.26. The van der Waals surface area contributed by atoms with Crippen LogP contribution in [0.2, 0.25) is 0 Å². The summed E-state index contributed by atoms with van der Waals surface area (Å²) in [5.41, 5.74) is 1.41. The van der Waals surface area contributed by atoms with E-state index < -0.39 is 10.1 Å². The number of hydrogen-bond acceptors (Lipinski definition) is 6. The minimum absolute atomic E-state index is 0.212. The maximum absolute atomic E-state index is 11.3. The fourth-order valence-electron chi connectivity index (χ4n) is 1.48. The van der Waals surface area contributed by atoms with Crippen LogP contribution in [0, 0.1) is 0 Å². The van der Waals surface area contributed by atoms with Gasteiger partial charge in [0, 0.05) is 10.9 Å². The molecule has 0 unspecified atom stereocenters. The monoisotopic (exact) mass is 299 g/mol. The Bertz CT molecular complexity index is 647. The second kappa shape index (κ2) is 5.68. The lowest BCUT2D eigenvalue weighted by Crippen LogP contribution is -2.05. The van der Waals surface area contributed by atoms with Gasteiger partial charge in [-0.25, -0.2) is 4.98 Å². The smallest absolute Gasteiger partial charge is 0.272 e. The summed E-state index contributed by atoms with van der Waals surface area (Å²) < 4.78 is 32.1. The van der Waals surface area contributed by atoms with Gasteiger partial charge in [-0.15, -0.1) is 11.3 Å². The number of benzene rings is 1. The first-order valence-electron chi connectivity index (χ1n) is 5.41. The molecule has 0 amide bonds. The standard InChI is InChI=1S/C12H13NO4S2/c1-16-11-5-3-9(4-6-11)12-13-10(7-18-12)8-19(14,15)17-2/h3-7H,8H2,1-2H3. The van der Waals surface area contributed by atoms with Crippen LogP contribution in [0.25, 0.3) is 10.6 Å². The molecule has 1 aromatic heterocycles. The first kappa shape index (κ1) is 14.0. The van der Waals surface area contributed by atoms with Gasteiger partial charge in [-0.05, 0) is 24.3 Å². The molecular weight excluding hydrogens is 286 g/mol. The Morgan fingerprint density at radius 3 is 2.47 bits per heavy atom. The van der Waals surface area contributed by atoms with Crippen molar-refractivity contribution in [1.82, 2.24) is 4.98 Å². The molecule has 0 aliphatic carbocycles. The SMILES string of the molecule is COc1ccc(-c2nc(CS(=O)(=O)OC)cs2)cc1. The van der Waals surface area contributed by atoms with Gasteiger partial charge in [0.2, 0.25) is 0 Å². The van der Waals surface area contributed by atoms with E-state index in [4.69, 9.17) is 4.74 Å². The number of rotatable bonds is 5. The Balaban J connectivity index is 2.20. The highest BCUT2D eigenvalue weighted by molar-refractivity contribution is 7.85. The second-order valence-corrected chi connectivity index (χ2v) is 6.34. The van der Waals surface area contributed by atoms with E-state index in [-0.39, 0.29) is 5.75 Å². The first-order chi connectivity index (χ1) is 9.04. The van der Waals surface area contributed by atoms with Crippen LogP contribution >= 0.6 is 11.3 Å². The Morgan fingerprint density at radius 2 is 1.89 bits per heavy atom. The molecule has 1 heterocycles. The van der Waals surface area contributed by atoms with Crippen molar-refractivity contribution in [1.29, 1.82) is 0 Å². The number of hydrogen-bond donors (Lipinski definition) is 0. The molecule has 0 aliphatic heterocycles. The Hall–Kier alpha value is -1.44. The topological polar surface area (TPSA) is 65.5 Å². The van der Waals surface area contributed by atoms with Crippen molar-refractivity contribution in [3.05, 3.63) is 35.3 Å². The molecule has 0 bridgehead atoms. The number of methoxy groups -OCH3 is 1. The van der Waals surface area contributed by atoms with Crippen molar-refractivity contribution < 1.29 is 17.3 Å². The fraction of sp³-hybridized carbons (Fsp3) is 0.250. The molecule has 0 atom stereocenters. The third-order valence-electron chi connectivity index (χ3n) is 2.47. The van der Waals surface area contributed by atoms with Gasteiger partial charge >= 0.3 is 0 Å². The predicted octanol–water partition coefficient (Wildman–Crippen LogP) is 2.29. The van der Waals surface area contributed by atoms with Crippen molar-refractivity contribution in [2.45, 2.75) is 5.75 Å². The molecule has 1 aromatic carbocycles. The molecule has 0 N–H and O–H groups in total. The number of thiazole rings is 1. The second-order valence-electron chi connectivity index (χ2n) is 3.74. The lowest BCUT2D eigenvalue weighted by atomic mass is 10.2. The first-order valence-corrected chi connectivity index (χ1v) is 7.87. The molecule has 2 aromatic rings. The van der Waals surface area contributed by atoms with Gasteiger partial charge in [-0.1, -0.05) is 0 Å². The Kier molecular flexibility index (Phi) is 4.18. The average Bonchev–Trinajstić information content (AvgIpc) is 2.86. The Labute approximate surface area is 116 Å². The summed E-state index contributed by atoms with van der Waals surface area (Å²) in [6.07, 6.45) is 0. The lowest BCUT2D eigenvalue weighted by molar-refractivity contribution is 0.396. The molecule has 19 heavy (non-hydrogen) atoms. The highest BCUT2D eigenvalue weighted by Gasteiger charge is 2.13. The van der Waals surface area contributed by atoms with Crippen LogP contribution in [-0.4, -0.2) is 27.6 Å². The van der Waals surface area contributed by atoms with Gasteiger partial charge in [-0.3, -0.25) is 4.18 Å². The number of aromatic nitrogens is 1. The van der Waals surface area contributed by atoms with Crippen LogP contribution in [0.4, 0.5) is 0 Å². The molecule has 7 heteroatoms. The molecule has 2 rings (SSSR count). The van der Waals surface area contributed by atoms with E-state index in [1.165, 1.54) is 11.3 Å². The molecule has 0 aliphatic rings. The highest BCUT2D eigenvalue weighted by atomic mass is 32.2. The van der Waals surface area contributed by atoms with Crippen LogP contribution < -0.4 is 4.74 Å². The predicted molar refractivity (Wildman–Crippen MR) is 73.7 cm³/mol. The lowest BCUT2D eigenvalue weighted by Gasteiger charge is -2.00. The van der Waals surface area contributed by atoms with Crippen molar-refractivity contribution in [3.63, 3.8) is 0 Å². The number of nitrogens with zero attached hydrogens (tertiary/aromatic N) is 1. The normalized spacial score (nSPS) is 11.5. The molecule has 0 fully saturated rings. The largest absolute Gasteiger partial charge is 0.497 e. The van der Waals surface area contributed by atoms with Gasteiger partial charge in [0.25, 0.3) is 10.1 Å². The molecular formula is C12H13NO4S2. The fourth-order valence-corrected chi connectivity index (χ4v) is 3.04. The zero-order valence-electron chi connectivity index (χ0n) is 10.5. The zero-order chi connectivity index (χ0) is 13.9. The summed E-state index contributed by atoms with van der Waals surface area (Å²) in [7, 11) is -0.780. The van der Waals surface area contributed by atoms with Crippen LogP contribution in [0.3, 0.4) is 0 Å². The van der Waals surface area contributed by atoms with Crippen LogP contribution in [0.5, 0.6) is 5.75 Å². The third kappa shape index (κ3) is 3.52. The van der Waals surface area contributed by atoms with Crippen molar-refractivity contribution in [3.8, 4) is 16.3 Å². The average molecular weight is 299 g/mol. The van der Waals surface area contributed by atoms with Crippen LogP contribution in [0.15, 0.2) is 29.6 Å². The van der Waals surface area contributed by atoms with E-state index in [1.807, 2.05) is 24.3 Å². The van der Waals surface area contributed by atoms with Crippen LogP contribution in [0.1, 0.15) is 5.69 Å². The quantitative estimate of drug-likeness (QED) is 0.793. The molecule has 5 nitrogen and oxygen atoms in total. The molecule has 0 radical (unpaired) electrons. The minimum Gasteiger partial charge on any atom is -0.497 e. The van der Waals surface area contributed by atoms with E-state index in [9.17, 15) is 8.42 Å². The van der Waals surface area contributed by atoms with Crippen LogP contribution in [-0.2, 0) is 20.1 Å². The maximum atomic E-state index is 11.3. The summed E-state index contributed by atoms with van der Waals surface area (Å²) in [4.78, 5) is 4.29. The molecule has 0 saturated carbocycles. The van der Waals surface area contributed by atoms with Crippen molar-refractivity contribution >= 4 is 21.5 Å². The van der Waals surface area contributed by atoms with E-state index in [0.717, 1.165) is 23.4 Å². The van der Waals surface area contributed by atoms with Gasteiger partial charge in [0.05, 0.1) is 19.9 Å². The summed E-state index contributed by atoms with van der Waals surface area (Å²) in [5, 5.41) is 2.49. The molecule has 0 saturated heterocycles. The van der Waals surface area contributed by atoms with E-state index in [0.29, 0.717) is 5.69 Å². The van der Waals surface area contributed by atoms with E-state index in [2.05, 4.69) is 9.17 Å². The van der Waals surface area contributed by atoms with Crippen molar-refractivity contribution in [2.24, 2.45) is 0 Å². The Morgan fingerprint density at radius 1 is 1.21 bits per heavy atom. The maximum Gasteiger partial charge on any atom is 0.272 e. The zero-order valence-corrected chi connectivity index (χ0v) is 12.1. The van der Waals surface area contributed by atoms with Gasteiger partial charge < -0.3 is 4.74 Å². The summed E-state index contributed by atoms with van der Waals surface area (Å²) in [5.74, 6) is 0.554. The third-order valence-corrected chi connectivity index (χ3v) is 4.56. The van der Waals surface area contributed by atoms with Gasteiger partial charge in [0.1, 0.15) is 16.5 Å². The van der Waals surface area contributed by atoms with Crippen molar-refractivity contribution in [2.75, 3.05) is 14.2 Å². The van der Waals surface area contributed by atoms with E-state index >= 15 is 0 Å². The minimum atomic E-state index is -3.53. The summed E-state index contributed by atoms with van der Waals surface area (Å²) in [6, 6.07) is 7.43. The van der Waals surface area contributed by atoms with Gasteiger partial charge in [-0.2, -0.15) is 8.42 Å². The summed E-state index contributed by atoms with van der Waals surface area (Å²) >= 11 is 1.40. The summed E-state index contributed by atoms with van der Waals surface area (Å²) in [6.45, 7) is 0.